The molecule has 57 heavy (non-hydrogen) atoms. The van der Waals surface area contributed by atoms with Crippen LogP contribution in [0.5, 0.6) is 0 Å². The van der Waals surface area contributed by atoms with E-state index in [1.54, 1.807) is 0 Å². The van der Waals surface area contributed by atoms with Crippen LogP contribution in [0.2, 0.25) is 0 Å². The van der Waals surface area contributed by atoms with Gasteiger partial charge in [0.15, 0.2) is 0 Å². The number of anilines is 3. The number of benzene rings is 9. The third-order valence-corrected chi connectivity index (χ3v) is 12.2. The lowest BCUT2D eigenvalue weighted by Crippen LogP contribution is -2.14. The molecule has 0 bridgehead atoms. The van der Waals surface area contributed by atoms with Gasteiger partial charge in [0.05, 0.1) is 11.0 Å². The average Bonchev–Trinajstić information content (AvgIpc) is 3.72. The average molecular weight is 729 g/mol. The molecule has 10 aromatic rings. The smallest absolute Gasteiger partial charge is 0.0561 e. The molecule has 9 aromatic carbocycles. The Kier molecular flexibility index (Phi) is 7.55. The van der Waals surface area contributed by atoms with Crippen molar-refractivity contribution in [1.82, 2.24) is 4.57 Å². The molecule has 0 aliphatic heterocycles. The molecule has 2 nitrogen and oxygen atoms in total. The maximum absolute atomic E-state index is 2.42. The summed E-state index contributed by atoms with van der Waals surface area (Å²) in [6.07, 6.45) is 0. The first kappa shape index (κ1) is 33.2. The van der Waals surface area contributed by atoms with E-state index >= 15 is 0 Å². The minimum absolute atomic E-state index is 0.0327. The molecule has 1 aromatic heterocycles. The van der Waals surface area contributed by atoms with Crippen molar-refractivity contribution in [1.29, 1.82) is 0 Å². The number of para-hydroxylation sites is 2. The van der Waals surface area contributed by atoms with E-state index in [0.717, 1.165) is 22.7 Å². The van der Waals surface area contributed by atoms with E-state index in [0.29, 0.717) is 0 Å². The van der Waals surface area contributed by atoms with Gasteiger partial charge in [-0.3, -0.25) is 0 Å². The van der Waals surface area contributed by atoms with Gasteiger partial charge in [-0.2, -0.15) is 0 Å². The Balaban J connectivity index is 1.01. The fourth-order valence-electron chi connectivity index (χ4n) is 9.35. The second-order valence-electron chi connectivity index (χ2n) is 15.8. The van der Waals surface area contributed by atoms with Gasteiger partial charge in [-0.25, -0.2) is 0 Å². The topological polar surface area (TPSA) is 8.17 Å². The summed E-state index contributed by atoms with van der Waals surface area (Å²) >= 11 is 0. The van der Waals surface area contributed by atoms with E-state index in [4.69, 9.17) is 0 Å². The molecule has 0 spiro atoms. The number of aromatic nitrogens is 1. The summed E-state index contributed by atoms with van der Waals surface area (Å²) in [5, 5.41) is 5.00. The summed E-state index contributed by atoms with van der Waals surface area (Å²) in [4.78, 5) is 2.37. The lowest BCUT2D eigenvalue weighted by molar-refractivity contribution is 0.660. The lowest BCUT2D eigenvalue weighted by Gasteiger charge is -2.26. The van der Waals surface area contributed by atoms with E-state index in [-0.39, 0.29) is 5.41 Å². The molecule has 0 saturated carbocycles. The molecular formula is C55H40N2. The lowest BCUT2D eigenvalue weighted by atomic mass is 9.81. The van der Waals surface area contributed by atoms with Crippen molar-refractivity contribution in [2.45, 2.75) is 19.3 Å². The highest BCUT2D eigenvalue weighted by atomic mass is 15.1. The molecular weight excluding hydrogens is 689 g/mol. The van der Waals surface area contributed by atoms with E-state index in [2.05, 4.69) is 230 Å². The molecule has 1 heterocycles. The molecule has 0 saturated heterocycles. The van der Waals surface area contributed by atoms with Gasteiger partial charge in [0.25, 0.3) is 0 Å². The molecule has 0 fully saturated rings. The Morgan fingerprint density at radius 1 is 0.368 bits per heavy atom. The zero-order chi connectivity index (χ0) is 38.1. The first-order valence-corrected chi connectivity index (χ1v) is 19.8. The van der Waals surface area contributed by atoms with Crippen molar-refractivity contribution in [3.05, 3.63) is 217 Å². The Morgan fingerprint density at radius 3 is 1.81 bits per heavy atom. The van der Waals surface area contributed by atoms with Crippen molar-refractivity contribution >= 4 is 49.6 Å². The van der Waals surface area contributed by atoms with Gasteiger partial charge in [-0.1, -0.05) is 159 Å². The quantitative estimate of drug-likeness (QED) is 0.165. The number of fused-ring (bicyclic) bond motifs is 7. The van der Waals surface area contributed by atoms with Crippen LogP contribution < -0.4 is 4.90 Å². The third kappa shape index (κ3) is 5.33. The number of hydrogen-bond acceptors (Lipinski definition) is 1. The molecule has 1 aliphatic carbocycles. The summed E-state index contributed by atoms with van der Waals surface area (Å²) in [5.74, 6) is 0. The normalized spacial score (nSPS) is 12.9. The molecule has 0 N–H and O–H groups in total. The molecule has 11 rings (SSSR count). The van der Waals surface area contributed by atoms with Gasteiger partial charge >= 0.3 is 0 Å². The number of hydrogen-bond donors (Lipinski definition) is 0. The maximum atomic E-state index is 2.42. The van der Waals surface area contributed by atoms with Crippen LogP contribution in [-0.4, -0.2) is 4.57 Å². The Bertz CT molecular complexity index is 3130. The monoisotopic (exact) mass is 728 g/mol. The van der Waals surface area contributed by atoms with Crippen LogP contribution in [0.25, 0.3) is 71.6 Å². The molecule has 0 amide bonds. The predicted octanol–water partition coefficient (Wildman–Crippen LogP) is 15.0. The summed E-state index contributed by atoms with van der Waals surface area (Å²) in [6.45, 7) is 4.70. The van der Waals surface area contributed by atoms with Crippen molar-refractivity contribution in [2.75, 3.05) is 4.90 Å². The zero-order valence-corrected chi connectivity index (χ0v) is 32.0. The maximum Gasteiger partial charge on any atom is 0.0561 e. The van der Waals surface area contributed by atoms with Crippen LogP contribution in [0.4, 0.5) is 17.1 Å². The SMILES string of the molecule is CC1(C)c2ccccc2-c2ccc(-c3ccc(-n4c5ccccc5c5ccc(N(c6ccccc6)c6ccc(-c7cccc8ccccc78)cc6)cc54)cc3)cc21. The van der Waals surface area contributed by atoms with Crippen LogP contribution in [0.1, 0.15) is 25.0 Å². The predicted molar refractivity (Wildman–Crippen MR) is 241 cm³/mol. The van der Waals surface area contributed by atoms with E-state index in [1.807, 2.05) is 0 Å². The Morgan fingerprint density at radius 2 is 0.965 bits per heavy atom. The first-order chi connectivity index (χ1) is 28.0. The highest BCUT2D eigenvalue weighted by molar-refractivity contribution is 6.10. The molecule has 270 valence electrons. The number of nitrogens with zero attached hydrogens (tertiary/aromatic N) is 2. The highest BCUT2D eigenvalue weighted by Gasteiger charge is 2.35. The van der Waals surface area contributed by atoms with E-state index in [1.165, 1.54) is 77.1 Å². The van der Waals surface area contributed by atoms with Crippen molar-refractivity contribution in [3.63, 3.8) is 0 Å². The number of rotatable bonds is 6. The fourth-order valence-corrected chi connectivity index (χ4v) is 9.35. The van der Waals surface area contributed by atoms with E-state index in [9.17, 15) is 0 Å². The van der Waals surface area contributed by atoms with Gasteiger partial charge in [0, 0.05) is 38.9 Å². The van der Waals surface area contributed by atoms with Crippen LogP contribution in [-0.2, 0) is 5.41 Å². The van der Waals surface area contributed by atoms with Crippen molar-refractivity contribution < 1.29 is 0 Å². The molecule has 0 unspecified atom stereocenters. The van der Waals surface area contributed by atoms with Crippen LogP contribution >= 0.6 is 0 Å². The zero-order valence-electron chi connectivity index (χ0n) is 32.0. The van der Waals surface area contributed by atoms with Crippen molar-refractivity contribution in [2.24, 2.45) is 0 Å². The van der Waals surface area contributed by atoms with Crippen LogP contribution in [0.15, 0.2) is 206 Å². The van der Waals surface area contributed by atoms with Crippen molar-refractivity contribution in [3.8, 4) is 39.1 Å². The summed E-state index contributed by atoms with van der Waals surface area (Å²) in [7, 11) is 0. The van der Waals surface area contributed by atoms with E-state index < -0.39 is 0 Å². The second-order valence-corrected chi connectivity index (χ2v) is 15.8. The highest BCUT2D eigenvalue weighted by Crippen LogP contribution is 2.49. The van der Waals surface area contributed by atoms with Gasteiger partial charge in [0.1, 0.15) is 0 Å². The van der Waals surface area contributed by atoms with Crippen LogP contribution in [0, 0.1) is 0 Å². The molecule has 0 radical (unpaired) electrons. The van der Waals surface area contributed by atoms with Gasteiger partial charge in [-0.15, -0.1) is 0 Å². The standard InChI is InChI=1S/C55H40N2/c1-55(2)51-21-10-8-18-47(51)48-33-27-40(35-52(48)55)37-23-28-43(29-24-37)57-53-22-11-9-19-49(53)50-34-32-44(36-54(50)57)56(41-15-4-3-5-16-41)42-30-25-39(26-31-42)46-20-12-14-38-13-6-7-17-45(38)46/h3-36H,1-2H3. The van der Waals surface area contributed by atoms with Crippen LogP contribution in [0.3, 0.4) is 0 Å². The third-order valence-electron chi connectivity index (χ3n) is 12.2. The minimum atomic E-state index is -0.0327. The van der Waals surface area contributed by atoms with Gasteiger partial charge in [-0.05, 0) is 116 Å². The Hall–Kier alpha value is -7.16. The fraction of sp³-hybridized carbons (Fsp3) is 0.0545. The largest absolute Gasteiger partial charge is 0.310 e. The van der Waals surface area contributed by atoms with Gasteiger partial charge in [0.2, 0.25) is 0 Å². The second kappa shape index (κ2) is 13.0. The molecule has 2 heteroatoms. The molecule has 1 aliphatic rings. The minimum Gasteiger partial charge on any atom is -0.310 e. The van der Waals surface area contributed by atoms with Gasteiger partial charge < -0.3 is 9.47 Å². The first-order valence-electron chi connectivity index (χ1n) is 19.8. The summed E-state index contributed by atoms with van der Waals surface area (Å²) in [5.41, 5.74) is 17.2. The summed E-state index contributed by atoms with van der Waals surface area (Å²) in [6, 6.07) is 75.5. The molecule has 0 atom stereocenters. The summed E-state index contributed by atoms with van der Waals surface area (Å²) < 4.78 is 2.42. The Labute approximate surface area is 333 Å².